The predicted molar refractivity (Wildman–Crippen MR) is 52.7 cm³/mol. The van der Waals surface area contributed by atoms with Crippen molar-refractivity contribution < 1.29 is 9.53 Å². The molecule has 0 spiro atoms. The molecule has 0 aliphatic carbocycles. The number of amides is 1. The number of ether oxygens (including phenoxy) is 1. The molecule has 0 aromatic carbocycles. The van der Waals surface area contributed by atoms with Crippen LogP contribution in [0.5, 0.6) is 5.75 Å². The van der Waals surface area contributed by atoms with Gasteiger partial charge in [0.15, 0.2) is 18.2 Å². The Morgan fingerprint density at radius 1 is 1.71 bits per heavy atom. The van der Waals surface area contributed by atoms with Gasteiger partial charge in [-0.2, -0.15) is 0 Å². The number of nitrogens with one attached hydrogen (secondary N) is 1. The van der Waals surface area contributed by atoms with Crippen molar-refractivity contribution >= 4 is 23.3 Å². The lowest BCUT2D eigenvalue weighted by Crippen LogP contribution is -2.26. The van der Waals surface area contributed by atoms with E-state index in [1.807, 2.05) is 6.92 Å². The lowest BCUT2D eigenvalue weighted by molar-refractivity contribution is -0.118. The minimum absolute atomic E-state index is 0.0243. The number of anilines is 1. The molecule has 14 heavy (non-hydrogen) atoms. The first-order chi connectivity index (χ1) is 6.70. The van der Waals surface area contributed by atoms with Gasteiger partial charge < -0.3 is 10.1 Å². The summed E-state index contributed by atoms with van der Waals surface area (Å²) < 4.78 is 5.16. The number of carbonyl (C=O) groups excluding carboxylic acids is 1. The third-order valence-corrected chi connectivity index (χ3v) is 2.29. The van der Waals surface area contributed by atoms with E-state index in [0.717, 1.165) is 12.1 Å². The fourth-order valence-corrected chi connectivity index (χ4v) is 1.54. The third-order valence-electron chi connectivity index (χ3n) is 1.97. The molecule has 1 aliphatic rings. The Bertz CT molecular complexity index is 393. The van der Waals surface area contributed by atoms with Crippen molar-refractivity contribution in [3.63, 3.8) is 0 Å². The molecule has 1 aliphatic heterocycles. The average molecular weight is 213 g/mol. The van der Waals surface area contributed by atoms with Crippen molar-refractivity contribution in [1.82, 2.24) is 4.98 Å². The highest BCUT2D eigenvalue weighted by molar-refractivity contribution is 6.31. The second kappa shape index (κ2) is 3.46. The number of hydrogen-bond donors (Lipinski definition) is 1. The molecule has 1 N–H and O–H groups in total. The highest BCUT2D eigenvalue weighted by atomic mass is 35.5. The number of carbonyl (C=O) groups is 1. The summed E-state index contributed by atoms with van der Waals surface area (Å²) in [5.41, 5.74) is 0.760. The van der Waals surface area contributed by atoms with Crippen LogP contribution in [-0.2, 0) is 11.2 Å². The molecule has 1 aromatic heterocycles. The Kier molecular flexibility index (Phi) is 2.29. The summed E-state index contributed by atoms with van der Waals surface area (Å²) >= 11 is 5.94. The van der Waals surface area contributed by atoms with E-state index in [9.17, 15) is 4.79 Å². The number of aryl methyl sites for hydroxylation is 1. The van der Waals surface area contributed by atoms with Crippen LogP contribution in [0.2, 0.25) is 5.02 Å². The standard InChI is InChI=1S/C9H9ClN2O2/c1-2-6-5(10)3-7-9(11-6)12-8(13)4-14-7/h3H,2,4H2,1H3,(H,11,12,13). The summed E-state index contributed by atoms with van der Waals surface area (Å²) in [7, 11) is 0. The number of rotatable bonds is 1. The van der Waals surface area contributed by atoms with E-state index in [1.165, 1.54) is 0 Å². The molecule has 0 bridgehead atoms. The first kappa shape index (κ1) is 9.27. The van der Waals surface area contributed by atoms with Gasteiger partial charge in [0.1, 0.15) is 0 Å². The van der Waals surface area contributed by atoms with E-state index in [2.05, 4.69) is 10.3 Å². The number of halogens is 1. The minimum Gasteiger partial charge on any atom is -0.480 e. The first-order valence-corrected chi connectivity index (χ1v) is 4.70. The maximum Gasteiger partial charge on any atom is 0.263 e. The van der Waals surface area contributed by atoms with Gasteiger partial charge >= 0.3 is 0 Å². The molecular weight excluding hydrogens is 204 g/mol. The van der Waals surface area contributed by atoms with E-state index in [0.29, 0.717) is 16.6 Å². The van der Waals surface area contributed by atoms with E-state index in [-0.39, 0.29) is 12.5 Å². The summed E-state index contributed by atoms with van der Waals surface area (Å²) in [6.07, 6.45) is 0.724. The van der Waals surface area contributed by atoms with Crippen molar-refractivity contribution in [2.24, 2.45) is 0 Å². The van der Waals surface area contributed by atoms with Crippen LogP contribution in [0.3, 0.4) is 0 Å². The molecule has 0 saturated carbocycles. The van der Waals surface area contributed by atoms with Crippen molar-refractivity contribution in [1.29, 1.82) is 0 Å². The van der Waals surface area contributed by atoms with Crippen molar-refractivity contribution in [2.45, 2.75) is 13.3 Å². The Hall–Kier alpha value is -1.29. The lowest BCUT2D eigenvalue weighted by Gasteiger charge is -2.17. The van der Waals surface area contributed by atoms with Gasteiger partial charge in [-0.05, 0) is 6.42 Å². The molecule has 0 saturated heterocycles. The Balaban J connectivity index is 2.46. The van der Waals surface area contributed by atoms with Crippen LogP contribution in [0.25, 0.3) is 0 Å². The molecule has 2 heterocycles. The molecule has 4 nitrogen and oxygen atoms in total. The van der Waals surface area contributed by atoms with E-state index < -0.39 is 0 Å². The maximum atomic E-state index is 11.0. The summed E-state index contributed by atoms with van der Waals surface area (Å²) in [4.78, 5) is 15.2. The van der Waals surface area contributed by atoms with E-state index >= 15 is 0 Å². The SMILES string of the molecule is CCc1nc2c(cc1Cl)OCC(=O)N2. The highest BCUT2D eigenvalue weighted by Gasteiger charge is 2.18. The number of fused-ring (bicyclic) bond motifs is 1. The van der Waals surface area contributed by atoms with Gasteiger partial charge in [0, 0.05) is 6.07 Å². The van der Waals surface area contributed by atoms with Crippen LogP contribution in [0.1, 0.15) is 12.6 Å². The quantitative estimate of drug-likeness (QED) is 0.770. The van der Waals surface area contributed by atoms with Crippen LogP contribution in [0.4, 0.5) is 5.82 Å². The Morgan fingerprint density at radius 3 is 3.21 bits per heavy atom. The Labute approximate surface area is 86.2 Å². The van der Waals surface area contributed by atoms with Crippen LogP contribution in [0.15, 0.2) is 6.07 Å². The van der Waals surface area contributed by atoms with E-state index in [1.54, 1.807) is 6.07 Å². The second-order valence-corrected chi connectivity index (χ2v) is 3.36. The zero-order valence-electron chi connectivity index (χ0n) is 7.63. The molecule has 5 heteroatoms. The minimum atomic E-state index is -0.186. The normalized spacial score (nSPS) is 14.3. The Morgan fingerprint density at radius 2 is 2.50 bits per heavy atom. The van der Waals surface area contributed by atoms with Gasteiger partial charge in [0.25, 0.3) is 5.91 Å². The smallest absolute Gasteiger partial charge is 0.263 e. The zero-order valence-corrected chi connectivity index (χ0v) is 8.39. The summed E-state index contributed by atoms with van der Waals surface area (Å²) in [6.45, 7) is 1.97. The van der Waals surface area contributed by atoms with Gasteiger partial charge in [-0.1, -0.05) is 18.5 Å². The van der Waals surface area contributed by atoms with Crippen LogP contribution >= 0.6 is 11.6 Å². The average Bonchev–Trinajstić information content (AvgIpc) is 2.17. The maximum absolute atomic E-state index is 11.0. The molecule has 0 unspecified atom stereocenters. The summed E-state index contributed by atoms with van der Waals surface area (Å²) in [5, 5.41) is 3.20. The highest BCUT2D eigenvalue weighted by Crippen LogP contribution is 2.30. The second-order valence-electron chi connectivity index (χ2n) is 2.95. The van der Waals surface area contributed by atoms with Crippen molar-refractivity contribution in [2.75, 3.05) is 11.9 Å². The van der Waals surface area contributed by atoms with Crippen LogP contribution < -0.4 is 10.1 Å². The van der Waals surface area contributed by atoms with Crippen LogP contribution in [0, 0.1) is 0 Å². The molecular formula is C9H9ClN2O2. The van der Waals surface area contributed by atoms with Gasteiger partial charge in [0.05, 0.1) is 10.7 Å². The molecule has 1 amide bonds. The van der Waals surface area contributed by atoms with E-state index in [4.69, 9.17) is 16.3 Å². The predicted octanol–water partition coefficient (Wildman–Crippen LogP) is 1.63. The zero-order chi connectivity index (χ0) is 10.1. The summed E-state index contributed by atoms with van der Waals surface area (Å²) in [5.74, 6) is 0.809. The summed E-state index contributed by atoms with van der Waals surface area (Å²) in [6, 6.07) is 1.68. The molecule has 0 radical (unpaired) electrons. The van der Waals surface area contributed by atoms with Gasteiger partial charge in [0.2, 0.25) is 0 Å². The number of hydrogen-bond acceptors (Lipinski definition) is 3. The molecule has 0 fully saturated rings. The third kappa shape index (κ3) is 1.53. The van der Waals surface area contributed by atoms with Crippen molar-refractivity contribution in [3.8, 4) is 5.75 Å². The van der Waals surface area contributed by atoms with Gasteiger partial charge in [-0.3, -0.25) is 4.79 Å². The molecule has 1 aromatic rings. The fraction of sp³-hybridized carbons (Fsp3) is 0.333. The topological polar surface area (TPSA) is 51.2 Å². The van der Waals surface area contributed by atoms with Gasteiger partial charge in [-0.25, -0.2) is 4.98 Å². The lowest BCUT2D eigenvalue weighted by atomic mass is 10.2. The molecule has 74 valence electrons. The van der Waals surface area contributed by atoms with Crippen molar-refractivity contribution in [3.05, 3.63) is 16.8 Å². The molecule has 0 atom stereocenters. The first-order valence-electron chi connectivity index (χ1n) is 4.32. The van der Waals surface area contributed by atoms with Gasteiger partial charge in [-0.15, -0.1) is 0 Å². The number of aromatic nitrogens is 1. The largest absolute Gasteiger partial charge is 0.480 e. The molecule has 2 rings (SSSR count). The monoisotopic (exact) mass is 212 g/mol. The fourth-order valence-electron chi connectivity index (χ4n) is 1.27. The number of nitrogens with zero attached hydrogens (tertiary/aromatic N) is 1. The number of pyridine rings is 1. The van der Waals surface area contributed by atoms with Crippen LogP contribution in [-0.4, -0.2) is 17.5 Å².